The van der Waals surface area contributed by atoms with Crippen molar-refractivity contribution < 1.29 is 23.5 Å². The van der Waals surface area contributed by atoms with Gasteiger partial charge in [0.25, 0.3) is 0 Å². The predicted octanol–water partition coefficient (Wildman–Crippen LogP) is 4.13. The van der Waals surface area contributed by atoms with E-state index in [1.807, 2.05) is 30.3 Å². The highest BCUT2D eigenvalue weighted by Gasteiger charge is 2.24. The molecule has 0 saturated heterocycles. The maximum atomic E-state index is 12.6. The molecule has 0 unspecified atom stereocenters. The van der Waals surface area contributed by atoms with Gasteiger partial charge in [0.05, 0.1) is 12.2 Å². The molecule has 0 aliphatic heterocycles. The molecule has 7 nitrogen and oxygen atoms in total. The third-order valence-electron chi connectivity index (χ3n) is 4.37. The fraction of sp³-hybridized carbons (Fsp3) is 0.286. The Balaban J connectivity index is 1.75. The molecule has 0 fully saturated rings. The van der Waals surface area contributed by atoms with Gasteiger partial charge in [-0.3, -0.25) is 0 Å². The molecule has 0 aliphatic rings. The lowest BCUT2D eigenvalue weighted by molar-refractivity contribution is 0.0465. The average Bonchev–Trinajstić information content (AvgIpc) is 3.20. The third-order valence-corrected chi connectivity index (χ3v) is 4.37. The fourth-order valence-corrected chi connectivity index (χ4v) is 2.94. The second-order valence-electron chi connectivity index (χ2n) is 6.31. The van der Waals surface area contributed by atoms with E-state index in [-0.39, 0.29) is 18.9 Å². The van der Waals surface area contributed by atoms with Crippen LogP contribution in [0.2, 0.25) is 0 Å². The van der Waals surface area contributed by atoms with Crippen LogP contribution in [-0.4, -0.2) is 28.5 Å². The number of hydrogen-bond donors (Lipinski definition) is 1. The zero-order valence-corrected chi connectivity index (χ0v) is 16.3. The Morgan fingerprint density at radius 3 is 2.46 bits per heavy atom. The van der Waals surface area contributed by atoms with Crippen molar-refractivity contribution in [3.05, 3.63) is 64.3 Å². The lowest BCUT2D eigenvalue weighted by atomic mass is 10.1. The fourth-order valence-electron chi connectivity index (χ4n) is 2.94. The summed E-state index contributed by atoms with van der Waals surface area (Å²) in [7, 11) is 0. The minimum Gasteiger partial charge on any atom is -0.461 e. The molecule has 146 valence electrons. The van der Waals surface area contributed by atoms with Crippen molar-refractivity contribution in [1.82, 2.24) is 9.97 Å². The summed E-state index contributed by atoms with van der Waals surface area (Å²) in [5.74, 6) is 0.0246. The Morgan fingerprint density at radius 1 is 1.07 bits per heavy atom. The Morgan fingerprint density at radius 2 is 1.79 bits per heavy atom. The Bertz CT molecular complexity index is 1000. The van der Waals surface area contributed by atoms with E-state index in [1.54, 1.807) is 27.7 Å². The van der Waals surface area contributed by atoms with Gasteiger partial charge in [0.2, 0.25) is 5.89 Å². The zero-order valence-electron chi connectivity index (χ0n) is 16.3. The van der Waals surface area contributed by atoms with Gasteiger partial charge in [0, 0.05) is 11.3 Å². The number of benzene rings is 1. The van der Waals surface area contributed by atoms with Crippen LogP contribution >= 0.6 is 0 Å². The first-order valence-corrected chi connectivity index (χ1v) is 8.97. The standard InChI is InChI=1S/C21H22N2O5/c1-5-26-21(25)18-12(2)17(13(3)22-18)20(24)27-11-16-14(4)28-19(23-16)15-9-7-6-8-10-15/h6-10,22H,5,11H2,1-4H3. The molecule has 28 heavy (non-hydrogen) atoms. The Hall–Kier alpha value is -3.35. The van der Waals surface area contributed by atoms with E-state index in [9.17, 15) is 9.59 Å². The largest absolute Gasteiger partial charge is 0.461 e. The first kappa shape index (κ1) is 19.4. The van der Waals surface area contributed by atoms with Crippen molar-refractivity contribution >= 4 is 11.9 Å². The third kappa shape index (κ3) is 3.83. The number of aryl methyl sites for hydroxylation is 2. The number of aromatic amines is 1. The molecule has 3 aromatic rings. The molecule has 2 aromatic heterocycles. The van der Waals surface area contributed by atoms with Gasteiger partial charge in [-0.25, -0.2) is 14.6 Å². The van der Waals surface area contributed by atoms with Gasteiger partial charge in [-0.15, -0.1) is 0 Å². The predicted molar refractivity (Wildman–Crippen MR) is 102 cm³/mol. The normalized spacial score (nSPS) is 10.7. The summed E-state index contributed by atoms with van der Waals surface area (Å²) >= 11 is 0. The highest BCUT2D eigenvalue weighted by Crippen LogP contribution is 2.23. The number of carbonyl (C=O) groups excluding carboxylic acids is 2. The maximum Gasteiger partial charge on any atom is 0.355 e. The van der Waals surface area contributed by atoms with E-state index in [0.29, 0.717) is 34.2 Å². The number of ether oxygens (including phenoxy) is 2. The van der Waals surface area contributed by atoms with Gasteiger partial charge >= 0.3 is 11.9 Å². The van der Waals surface area contributed by atoms with E-state index in [0.717, 1.165) is 5.56 Å². The summed E-state index contributed by atoms with van der Waals surface area (Å²) in [4.78, 5) is 31.9. The summed E-state index contributed by atoms with van der Waals surface area (Å²) in [6.45, 7) is 7.11. The number of aromatic nitrogens is 2. The minimum absolute atomic E-state index is 0.0280. The van der Waals surface area contributed by atoms with Gasteiger partial charge in [0.1, 0.15) is 23.8 Å². The van der Waals surface area contributed by atoms with Crippen molar-refractivity contribution in [1.29, 1.82) is 0 Å². The number of nitrogens with one attached hydrogen (secondary N) is 1. The smallest absolute Gasteiger partial charge is 0.355 e. The molecule has 0 spiro atoms. The van der Waals surface area contributed by atoms with Crippen molar-refractivity contribution in [3.8, 4) is 11.5 Å². The first-order valence-electron chi connectivity index (χ1n) is 8.97. The van der Waals surface area contributed by atoms with E-state index in [2.05, 4.69) is 9.97 Å². The molecule has 0 amide bonds. The number of oxazole rings is 1. The number of hydrogen-bond acceptors (Lipinski definition) is 6. The van der Waals surface area contributed by atoms with Gasteiger partial charge < -0.3 is 18.9 Å². The number of carbonyl (C=O) groups is 2. The molecular weight excluding hydrogens is 360 g/mol. The average molecular weight is 382 g/mol. The van der Waals surface area contributed by atoms with Crippen LogP contribution in [0.5, 0.6) is 0 Å². The number of nitrogens with zero attached hydrogens (tertiary/aromatic N) is 1. The summed E-state index contributed by atoms with van der Waals surface area (Å²) in [6, 6.07) is 9.49. The second kappa shape index (κ2) is 8.12. The SMILES string of the molecule is CCOC(=O)c1[nH]c(C)c(C(=O)OCc2nc(-c3ccccc3)oc2C)c1C. The molecular formula is C21H22N2O5. The second-order valence-corrected chi connectivity index (χ2v) is 6.31. The van der Waals surface area contributed by atoms with E-state index in [1.165, 1.54) is 0 Å². The van der Waals surface area contributed by atoms with Crippen LogP contribution in [-0.2, 0) is 16.1 Å². The van der Waals surface area contributed by atoms with Crippen LogP contribution in [0.25, 0.3) is 11.5 Å². The lowest BCUT2D eigenvalue weighted by Gasteiger charge is -2.04. The van der Waals surface area contributed by atoms with Crippen molar-refractivity contribution in [3.63, 3.8) is 0 Å². The summed E-state index contributed by atoms with van der Waals surface area (Å²) < 4.78 is 16.1. The molecule has 2 heterocycles. The Labute approximate surface area is 162 Å². The topological polar surface area (TPSA) is 94.4 Å². The van der Waals surface area contributed by atoms with E-state index < -0.39 is 11.9 Å². The van der Waals surface area contributed by atoms with Crippen LogP contribution in [0.3, 0.4) is 0 Å². The van der Waals surface area contributed by atoms with E-state index in [4.69, 9.17) is 13.9 Å². The molecule has 1 aromatic carbocycles. The summed E-state index contributed by atoms with van der Waals surface area (Å²) in [5, 5.41) is 0. The van der Waals surface area contributed by atoms with Crippen LogP contribution in [0.4, 0.5) is 0 Å². The van der Waals surface area contributed by atoms with Crippen molar-refractivity contribution in [2.45, 2.75) is 34.3 Å². The monoisotopic (exact) mass is 382 g/mol. The number of H-pyrrole nitrogens is 1. The number of rotatable bonds is 6. The van der Waals surface area contributed by atoms with Crippen LogP contribution in [0.1, 0.15) is 50.5 Å². The van der Waals surface area contributed by atoms with Gasteiger partial charge in [0.15, 0.2) is 0 Å². The lowest BCUT2D eigenvalue weighted by Crippen LogP contribution is -2.09. The molecule has 3 rings (SSSR count). The molecule has 0 atom stereocenters. The van der Waals surface area contributed by atoms with Crippen LogP contribution < -0.4 is 0 Å². The molecule has 0 saturated carbocycles. The molecule has 0 aliphatic carbocycles. The molecule has 0 bridgehead atoms. The van der Waals surface area contributed by atoms with Crippen LogP contribution in [0, 0.1) is 20.8 Å². The highest BCUT2D eigenvalue weighted by molar-refractivity contribution is 5.98. The summed E-state index contributed by atoms with van der Waals surface area (Å²) in [6.07, 6.45) is 0. The molecule has 1 N–H and O–H groups in total. The van der Waals surface area contributed by atoms with Gasteiger partial charge in [-0.2, -0.15) is 0 Å². The Kier molecular flexibility index (Phi) is 5.63. The van der Waals surface area contributed by atoms with Crippen LogP contribution in [0.15, 0.2) is 34.7 Å². The zero-order chi connectivity index (χ0) is 20.3. The maximum absolute atomic E-state index is 12.6. The van der Waals surface area contributed by atoms with E-state index >= 15 is 0 Å². The quantitative estimate of drug-likeness (QED) is 0.644. The number of esters is 2. The van der Waals surface area contributed by atoms with Gasteiger partial charge in [-0.05, 0) is 45.4 Å². The molecule has 7 heteroatoms. The molecule has 0 radical (unpaired) electrons. The minimum atomic E-state index is -0.537. The van der Waals surface area contributed by atoms with Crippen molar-refractivity contribution in [2.24, 2.45) is 0 Å². The summed E-state index contributed by atoms with van der Waals surface area (Å²) in [5.41, 5.74) is 3.03. The highest BCUT2D eigenvalue weighted by atomic mass is 16.5. The van der Waals surface area contributed by atoms with Crippen molar-refractivity contribution in [2.75, 3.05) is 6.61 Å². The first-order chi connectivity index (χ1) is 13.4. The van der Waals surface area contributed by atoms with Gasteiger partial charge in [-0.1, -0.05) is 18.2 Å².